The van der Waals surface area contributed by atoms with E-state index in [0.29, 0.717) is 6.47 Å². The van der Waals surface area contributed by atoms with E-state index in [-0.39, 0.29) is 16.9 Å². The van der Waals surface area contributed by atoms with Crippen molar-refractivity contribution in [3.63, 3.8) is 0 Å². The van der Waals surface area contributed by atoms with Crippen molar-refractivity contribution < 1.29 is 19.4 Å². The molecular weight excluding hydrogens is 522 g/mol. The van der Waals surface area contributed by atoms with Gasteiger partial charge in [0.05, 0.1) is 7.11 Å². The highest BCUT2D eigenvalue weighted by molar-refractivity contribution is 6.33. The van der Waals surface area contributed by atoms with Crippen molar-refractivity contribution in [3.8, 4) is 17.2 Å². The maximum atomic E-state index is 10.8. The van der Waals surface area contributed by atoms with Gasteiger partial charge in [0.2, 0.25) is 0 Å². The molecule has 214 valence electrons. The average molecular weight is 564 g/mol. The van der Waals surface area contributed by atoms with Crippen LogP contribution in [0.4, 0.5) is 5.69 Å². The van der Waals surface area contributed by atoms with Crippen LogP contribution >= 0.6 is 11.6 Å². The first-order chi connectivity index (χ1) is 19.3. The summed E-state index contributed by atoms with van der Waals surface area (Å²) in [6, 6.07) is 11.4. The number of hydrogen-bond donors (Lipinski definition) is 1. The van der Waals surface area contributed by atoms with Gasteiger partial charge in [-0.15, -0.1) is 0 Å². The first-order valence-corrected chi connectivity index (χ1v) is 14.9. The van der Waals surface area contributed by atoms with E-state index in [9.17, 15) is 9.90 Å². The monoisotopic (exact) mass is 563 g/mol. The number of hydrogen-bond acceptors (Lipinski definition) is 5. The molecule has 0 aromatic heterocycles. The molecule has 4 rings (SSSR count). The fraction of sp³-hybridized carbons (Fsp3) is 0.441. The molecule has 0 atom stereocenters. The lowest BCUT2D eigenvalue weighted by atomic mass is 9.82. The van der Waals surface area contributed by atoms with Crippen molar-refractivity contribution in [1.29, 1.82) is 0 Å². The number of carbonyl (C=O) groups is 1. The van der Waals surface area contributed by atoms with E-state index in [1.165, 1.54) is 55.1 Å². The summed E-state index contributed by atoms with van der Waals surface area (Å²) in [5.74, 6) is 0.934. The second kappa shape index (κ2) is 13.5. The Hall–Kier alpha value is -3.18. The minimum Gasteiger partial charge on any atom is -0.504 e. The van der Waals surface area contributed by atoms with Gasteiger partial charge in [0, 0.05) is 28.4 Å². The number of ether oxygens (including phenoxy) is 2. The van der Waals surface area contributed by atoms with E-state index < -0.39 is 0 Å². The molecule has 0 bridgehead atoms. The third kappa shape index (κ3) is 6.58. The largest absolute Gasteiger partial charge is 0.504 e. The molecule has 0 amide bonds. The Kier molecular flexibility index (Phi) is 10.0. The van der Waals surface area contributed by atoms with Crippen LogP contribution in [-0.2, 0) is 10.2 Å². The zero-order valence-corrected chi connectivity index (χ0v) is 25.0. The van der Waals surface area contributed by atoms with E-state index in [4.69, 9.17) is 21.1 Å². The van der Waals surface area contributed by atoms with Crippen LogP contribution in [0.1, 0.15) is 89.7 Å². The second-order valence-corrected chi connectivity index (χ2v) is 11.6. The van der Waals surface area contributed by atoms with Crippen LogP contribution in [-0.4, -0.2) is 25.2 Å². The summed E-state index contributed by atoms with van der Waals surface area (Å²) < 4.78 is 10.5. The zero-order chi connectivity index (χ0) is 28.7. The number of unbranched alkanes of at least 4 members (excludes halogenated alkanes) is 5. The highest BCUT2D eigenvalue weighted by atomic mass is 35.5. The predicted molar refractivity (Wildman–Crippen MR) is 164 cm³/mol. The number of carbonyl (C=O) groups excluding carboxylic acids is 1. The van der Waals surface area contributed by atoms with Crippen molar-refractivity contribution in [1.82, 2.24) is 0 Å². The molecule has 0 saturated heterocycles. The Morgan fingerprint density at radius 2 is 1.80 bits per heavy atom. The molecule has 0 spiro atoms. The topological polar surface area (TPSA) is 59.0 Å². The summed E-state index contributed by atoms with van der Waals surface area (Å²) in [5.41, 5.74) is 6.60. The Morgan fingerprint density at radius 1 is 1.02 bits per heavy atom. The van der Waals surface area contributed by atoms with E-state index in [1.807, 2.05) is 6.08 Å². The number of rotatable bonds is 12. The lowest BCUT2D eigenvalue weighted by Crippen LogP contribution is -2.27. The molecule has 5 nitrogen and oxygen atoms in total. The summed E-state index contributed by atoms with van der Waals surface area (Å²) in [5, 5.41) is 10.7. The fourth-order valence-electron chi connectivity index (χ4n) is 5.83. The Labute approximate surface area is 244 Å². The van der Waals surface area contributed by atoms with E-state index in [2.05, 4.69) is 49.9 Å². The molecule has 0 unspecified atom stereocenters. The third-order valence-corrected chi connectivity index (χ3v) is 8.59. The van der Waals surface area contributed by atoms with Crippen molar-refractivity contribution >= 4 is 29.8 Å². The molecule has 6 heteroatoms. The fourth-order valence-corrected chi connectivity index (χ4v) is 6.13. The van der Waals surface area contributed by atoms with Crippen LogP contribution in [0.25, 0.3) is 6.08 Å². The SMILES string of the molecule is CCCCCCCCN1C(=CC2=C(Cl)C(=Cc3ccc(O)c(OC=O)c3)CCC2)C(C)(C)c2cc(OC)ccc21. The van der Waals surface area contributed by atoms with Gasteiger partial charge >= 0.3 is 0 Å². The number of allylic oxidation sites excluding steroid dienone is 5. The molecule has 1 aliphatic heterocycles. The Bertz CT molecular complexity index is 1310. The number of methoxy groups -OCH3 is 1. The van der Waals surface area contributed by atoms with Crippen LogP contribution in [0, 0.1) is 0 Å². The quantitative estimate of drug-likeness (QED) is 0.206. The van der Waals surface area contributed by atoms with Gasteiger partial charge in [-0.05, 0) is 84.4 Å². The first-order valence-electron chi connectivity index (χ1n) is 14.5. The summed E-state index contributed by atoms with van der Waals surface area (Å²) in [4.78, 5) is 13.3. The van der Waals surface area contributed by atoms with Crippen molar-refractivity contribution in [2.45, 2.75) is 84.0 Å². The zero-order valence-electron chi connectivity index (χ0n) is 24.3. The standard InChI is InChI=1S/C34H42ClNO4/c1-5-6-7-8-9-10-18-36-29-16-15-27(39-4)22-28(29)34(2,3)32(36)21-26-13-11-12-25(33(26)35)19-24-14-17-30(38)31(20-24)40-23-37/h14-17,19-23,38H,5-13,18H2,1-4H3. The summed E-state index contributed by atoms with van der Waals surface area (Å²) in [6.45, 7) is 8.12. The van der Waals surface area contributed by atoms with Crippen molar-refractivity contribution in [2.75, 3.05) is 18.6 Å². The molecule has 2 aromatic rings. The van der Waals surface area contributed by atoms with E-state index in [0.717, 1.165) is 59.7 Å². The first kappa shape index (κ1) is 29.8. The van der Waals surface area contributed by atoms with Gasteiger partial charge in [-0.1, -0.05) is 76.6 Å². The summed E-state index contributed by atoms with van der Waals surface area (Å²) in [7, 11) is 1.72. The summed E-state index contributed by atoms with van der Waals surface area (Å²) >= 11 is 7.08. The van der Waals surface area contributed by atoms with Crippen LogP contribution in [0.15, 0.2) is 64.3 Å². The number of phenolic OH excluding ortho intramolecular Hbond substituents is 1. The number of nitrogens with zero attached hydrogens (tertiary/aromatic N) is 1. The van der Waals surface area contributed by atoms with Crippen molar-refractivity contribution in [2.24, 2.45) is 0 Å². The molecule has 0 saturated carbocycles. The highest BCUT2D eigenvalue weighted by Gasteiger charge is 2.40. The Morgan fingerprint density at radius 3 is 2.55 bits per heavy atom. The minimum absolute atomic E-state index is 0.0740. The summed E-state index contributed by atoms with van der Waals surface area (Å²) in [6.07, 6.45) is 14.6. The normalized spacial score (nSPS) is 18.4. The Balaban J connectivity index is 1.68. The van der Waals surface area contributed by atoms with Crippen LogP contribution in [0.2, 0.25) is 0 Å². The highest BCUT2D eigenvalue weighted by Crippen LogP contribution is 2.50. The number of benzene rings is 2. The second-order valence-electron chi connectivity index (χ2n) is 11.3. The number of fused-ring (bicyclic) bond motifs is 1. The van der Waals surface area contributed by atoms with Crippen molar-refractivity contribution in [3.05, 3.63) is 75.5 Å². The van der Waals surface area contributed by atoms with Gasteiger partial charge in [-0.3, -0.25) is 4.79 Å². The van der Waals surface area contributed by atoms with Gasteiger partial charge in [0.25, 0.3) is 6.47 Å². The van der Waals surface area contributed by atoms with Crippen LogP contribution in [0.5, 0.6) is 17.2 Å². The molecular formula is C34H42ClNO4. The van der Waals surface area contributed by atoms with Gasteiger partial charge in [0.15, 0.2) is 11.5 Å². The molecule has 1 aliphatic carbocycles. The number of anilines is 1. The molecule has 0 fully saturated rings. The smallest absolute Gasteiger partial charge is 0.298 e. The molecule has 1 N–H and O–H groups in total. The predicted octanol–water partition coefficient (Wildman–Crippen LogP) is 9.04. The molecule has 40 heavy (non-hydrogen) atoms. The number of halogens is 1. The molecule has 0 radical (unpaired) electrons. The van der Waals surface area contributed by atoms with Gasteiger partial charge in [-0.2, -0.15) is 0 Å². The lowest BCUT2D eigenvalue weighted by Gasteiger charge is -2.29. The number of aromatic hydroxyl groups is 1. The maximum Gasteiger partial charge on any atom is 0.298 e. The van der Waals surface area contributed by atoms with E-state index >= 15 is 0 Å². The van der Waals surface area contributed by atoms with E-state index in [1.54, 1.807) is 19.2 Å². The van der Waals surface area contributed by atoms with Gasteiger partial charge in [-0.25, -0.2) is 0 Å². The molecule has 2 aromatic carbocycles. The maximum absolute atomic E-state index is 10.8. The lowest BCUT2D eigenvalue weighted by molar-refractivity contribution is -0.120. The average Bonchev–Trinajstić information content (AvgIpc) is 3.15. The minimum atomic E-state index is -0.199. The molecule has 2 aliphatic rings. The number of phenols is 1. The van der Waals surface area contributed by atoms with Gasteiger partial charge < -0.3 is 19.5 Å². The molecule has 1 heterocycles. The van der Waals surface area contributed by atoms with Gasteiger partial charge in [0.1, 0.15) is 5.75 Å². The van der Waals surface area contributed by atoms with Crippen LogP contribution in [0.3, 0.4) is 0 Å². The third-order valence-electron chi connectivity index (χ3n) is 8.10. The van der Waals surface area contributed by atoms with Crippen LogP contribution < -0.4 is 14.4 Å².